The number of nitrogens with one attached hydrogen (secondary N) is 3. The van der Waals surface area contributed by atoms with Crippen LogP contribution < -0.4 is 16.0 Å². The van der Waals surface area contributed by atoms with Crippen molar-refractivity contribution in [3.05, 3.63) is 0 Å². The minimum absolute atomic E-state index is 0.248. The Labute approximate surface area is 95.8 Å². The summed E-state index contributed by atoms with van der Waals surface area (Å²) < 4.78 is 0. The average Bonchev–Trinajstić information content (AvgIpc) is 2.29. The van der Waals surface area contributed by atoms with E-state index < -0.39 is 6.03 Å². The number of carbonyl (C=O) groups is 2. The maximum absolute atomic E-state index is 11.4. The van der Waals surface area contributed by atoms with Gasteiger partial charge in [-0.1, -0.05) is 0 Å². The van der Waals surface area contributed by atoms with E-state index in [9.17, 15) is 9.59 Å². The molecule has 1 aliphatic rings. The van der Waals surface area contributed by atoms with Crippen molar-refractivity contribution in [1.29, 1.82) is 0 Å². The first kappa shape index (κ1) is 12.9. The Morgan fingerprint density at radius 2 is 1.88 bits per heavy atom. The topological polar surface area (TPSA) is 73.5 Å². The Morgan fingerprint density at radius 1 is 1.25 bits per heavy atom. The van der Waals surface area contributed by atoms with E-state index in [0.717, 1.165) is 25.9 Å². The summed E-state index contributed by atoms with van der Waals surface area (Å²) >= 11 is 0. The van der Waals surface area contributed by atoms with Gasteiger partial charge in [0.05, 0.1) is 6.54 Å². The number of hydrogen-bond donors (Lipinski definition) is 3. The van der Waals surface area contributed by atoms with Crippen LogP contribution in [0.25, 0.3) is 0 Å². The number of nitrogens with zero attached hydrogens (tertiary/aromatic N) is 1. The van der Waals surface area contributed by atoms with Gasteiger partial charge >= 0.3 is 6.03 Å². The van der Waals surface area contributed by atoms with Crippen LogP contribution in [-0.4, -0.2) is 56.6 Å². The van der Waals surface area contributed by atoms with Gasteiger partial charge in [-0.15, -0.1) is 0 Å². The van der Waals surface area contributed by atoms with E-state index in [2.05, 4.69) is 20.9 Å². The predicted octanol–water partition coefficient (Wildman–Crippen LogP) is -0.874. The summed E-state index contributed by atoms with van der Waals surface area (Å²) in [6, 6.07) is 0.105. The van der Waals surface area contributed by atoms with Gasteiger partial charge in [-0.05, 0) is 19.9 Å². The molecule has 6 nitrogen and oxygen atoms in total. The minimum Gasteiger partial charge on any atom is -0.341 e. The molecule has 16 heavy (non-hydrogen) atoms. The fourth-order valence-corrected chi connectivity index (χ4v) is 1.81. The Bertz CT molecular complexity index is 249. The zero-order chi connectivity index (χ0) is 12.0. The number of piperidine rings is 1. The third-order valence-electron chi connectivity index (χ3n) is 2.84. The lowest BCUT2D eigenvalue weighted by Crippen LogP contribution is -2.47. The number of carbonyl (C=O) groups excluding carboxylic acids is 2. The van der Waals surface area contributed by atoms with Crippen molar-refractivity contribution in [3.63, 3.8) is 0 Å². The molecule has 0 atom stereocenters. The van der Waals surface area contributed by atoms with Crippen LogP contribution in [0.5, 0.6) is 0 Å². The van der Waals surface area contributed by atoms with Crippen LogP contribution in [0.2, 0.25) is 0 Å². The molecule has 92 valence electrons. The third-order valence-corrected chi connectivity index (χ3v) is 2.84. The van der Waals surface area contributed by atoms with E-state index >= 15 is 0 Å². The number of imide groups is 1. The summed E-state index contributed by atoms with van der Waals surface area (Å²) in [5, 5.41) is 7.83. The molecule has 1 aliphatic heterocycles. The third kappa shape index (κ3) is 4.16. The van der Waals surface area contributed by atoms with E-state index in [4.69, 9.17) is 0 Å². The van der Waals surface area contributed by atoms with E-state index in [1.54, 1.807) is 0 Å². The fraction of sp³-hybridized carbons (Fsp3) is 0.800. The highest BCUT2D eigenvalue weighted by Crippen LogP contribution is 2.08. The van der Waals surface area contributed by atoms with Crippen molar-refractivity contribution < 1.29 is 9.59 Å². The molecule has 0 radical (unpaired) electrons. The molecular formula is C10H20N4O2. The number of amides is 3. The molecule has 1 rings (SSSR count). The Kier molecular flexibility index (Phi) is 5.21. The molecule has 3 amide bonds. The van der Waals surface area contributed by atoms with Crippen molar-refractivity contribution in [2.24, 2.45) is 0 Å². The lowest BCUT2D eigenvalue weighted by Gasteiger charge is -2.30. The summed E-state index contributed by atoms with van der Waals surface area (Å²) in [6.45, 7) is 2.09. The first-order chi connectivity index (χ1) is 7.65. The molecular weight excluding hydrogens is 208 g/mol. The van der Waals surface area contributed by atoms with E-state index in [1.807, 2.05) is 7.05 Å². The molecule has 1 heterocycles. The molecule has 1 fully saturated rings. The van der Waals surface area contributed by atoms with Crippen LogP contribution in [0.15, 0.2) is 0 Å². The molecule has 1 saturated heterocycles. The second-order valence-electron chi connectivity index (χ2n) is 3.97. The first-order valence-corrected chi connectivity index (χ1v) is 5.57. The van der Waals surface area contributed by atoms with Crippen LogP contribution in [0.4, 0.5) is 4.79 Å². The van der Waals surface area contributed by atoms with Crippen LogP contribution in [0, 0.1) is 0 Å². The zero-order valence-electron chi connectivity index (χ0n) is 9.88. The number of likely N-dealkylation sites (tertiary alicyclic amines) is 1. The highest BCUT2D eigenvalue weighted by Gasteiger charge is 2.19. The monoisotopic (exact) mass is 228 g/mol. The van der Waals surface area contributed by atoms with Crippen molar-refractivity contribution >= 4 is 11.9 Å². The maximum atomic E-state index is 11.4. The van der Waals surface area contributed by atoms with Gasteiger partial charge in [0.15, 0.2) is 0 Å². The standard InChI is InChI=1S/C10H20N4O2/c1-11-8-3-5-14(6-4-8)7-9(15)13-10(16)12-2/h8,11H,3-7H2,1-2H3,(H2,12,13,15,16). The van der Waals surface area contributed by atoms with E-state index in [-0.39, 0.29) is 5.91 Å². The van der Waals surface area contributed by atoms with Gasteiger partial charge < -0.3 is 10.6 Å². The van der Waals surface area contributed by atoms with Gasteiger partial charge in [-0.2, -0.15) is 0 Å². The van der Waals surface area contributed by atoms with Crippen molar-refractivity contribution in [1.82, 2.24) is 20.9 Å². The molecule has 6 heteroatoms. The van der Waals surface area contributed by atoms with E-state index in [0.29, 0.717) is 12.6 Å². The predicted molar refractivity (Wildman–Crippen MR) is 61.1 cm³/mol. The lowest BCUT2D eigenvalue weighted by molar-refractivity contribution is -0.121. The second kappa shape index (κ2) is 6.44. The quantitative estimate of drug-likeness (QED) is 0.587. The second-order valence-corrected chi connectivity index (χ2v) is 3.97. The molecule has 0 aromatic rings. The van der Waals surface area contributed by atoms with Crippen LogP contribution in [-0.2, 0) is 4.79 Å². The highest BCUT2D eigenvalue weighted by molar-refractivity contribution is 5.95. The van der Waals surface area contributed by atoms with Crippen LogP contribution >= 0.6 is 0 Å². The Balaban J connectivity index is 2.23. The molecule has 0 aliphatic carbocycles. The van der Waals surface area contributed by atoms with Gasteiger partial charge in [0, 0.05) is 26.2 Å². The van der Waals surface area contributed by atoms with E-state index in [1.165, 1.54) is 7.05 Å². The summed E-state index contributed by atoms with van der Waals surface area (Å²) in [6.07, 6.45) is 2.09. The minimum atomic E-state index is -0.449. The van der Waals surface area contributed by atoms with Crippen LogP contribution in [0.1, 0.15) is 12.8 Å². The van der Waals surface area contributed by atoms with Crippen molar-refractivity contribution in [2.45, 2.75) is 18.9 Å². The van der Waals surface area contributed by atoms with Gasteiger partial charge in [0.2, 0.25) is 5.91 Å². The first-order valence-electron chi connectivity index (χ1n) is 5.57. The SMILES string of the molecule is CNC(=O)NC(=O)CN1CCC(NC)CC1. The number of rotatable bonds is 3. The van der Waals surface area contributed by atoms with Crippen molar-refractivity contribution in [3.8, 4) is 0 Å². The molecule has 0 aromatic heterocycles. The largest absolute Gasteiger partial charge is 0.341 e. The average molecular weight is 228 g/mol. The van der Waals surface area contributed by atoms with Gasteiger partial charge in [0.1, 0.15) is 0 Å². The smallest absolute Gasteiger partial charge is 0.321 e. The summed E-state index contributed by atoms with van der Waals surface area (Å²) in [5.41, 5.74) is 0. The van der Waals surface area contributed by atoms with Gasteiger partial charge in [-0.3, -0.25) is 15.0 Å². The molecule has 3 N–H and O–H groups in total. The van der Waals surface area contributed by atoms with Gasteiger partial charge in [-0.25, -0.2) is 4.79 Å². The zero-order valence-corrected chi connectivity index (χ0v) is 9.88. The molecule has 0 unspecified atom stereocenters. The lowest BCUT2D eigenvalue weighted by atomic mass is 10.1. The number of urea groups is 1. The fourth-order valence-electron chi connectivity index (χ4n) is 1.81. The summed E-state index contributed by atoms with van der Waals surface area (Å²) in [4.78, 5) is 24.4. The maximum Gasteiger partial charge on any atom is 0.321 e. The number of hydrogen-bond acceptors (Lipinski definition) is 4. The Hall–Kier alpha value is -1.14. The molecule has 0 spiro atoms. The molecule has 0 bridgehead atoms. The van der Waals surface area contributed by atoms with Crippen molar-refractivity contribution in [2.75, 3.05) is 33.7 Å². The molecule has 0 saturated carbocycles. The van der Waals surface area contributed by atoms with Crippen LogP contribution in [0.3, 0.4) is 0 Å². The molecule has 0 aromatic carbocycles. The summed E-state index contributed by atoms with van der Waals surface area (Å²) in [5.74, 6) is -0.248. The van der Waals surface area contributed by atoms with Gasteiger partial charge in [0.25, 0.3) is 0 Å². The Morgan fingerprint density at radius 3 is 2.38 bits per heavy atom. The summed E-state index contributed by atoms with van der Waals surface area (Å²) in [7, 11) is 3.44. The highest BCUT2D eigenvalue weighted by atomic mass is 16.2. The normalized spacial score (nSPS) is 18.1.